The van der Waals surface area contributed by atoms with Crippen molar-refractivity contribution in [2.75, 3.05) is 19.7 Å². The molecule has 9 heteroatoms. The zero-order valence-electron chi connectivity index (χ0n) is 17.6. The summed E-state index contributed by atoms with van der Waals surface area (Å²) in [6, 6.07) is 3.55. The number of aromatic nitrogens is 2. The first-order chi connectivity index (χ1) is 15.0. The number of amides is 2. The maximum absolute atomic E-state index is 12.9. The van der Waals surface area contributed by atoms with E-state index >= 15 is 0 Å². The van der Waals surface area contributed by atoms with Crippen LogP contribution in [0.15, 0.2) is 16.9 Å². The second-order valence-corrected chi connectivity index (χ2v) is 9.74. The summed E-state index contributed by atoms with van der Waals surface area (Å²) in [5.74, 6) is 0.515. The number of hydrogen-bond donors (Lipinski definition) is 1. The average Bonchev–Trinajstić information content (AvgIpc) is 3.54. The van der Waals surface area contributed by atoms with Crippen LogP contribution in [0.4, 0.5) is 0 Å². The van der Waals surface area contributed by atoms with Gasteiger partial charge in [0.05, 0.1) is 28.7 Å². The van der Waals surface area contributed by atoms with Crippen molar-refractivity contribution in [2.24, 2.45) is 0 Å². The number of aromatic amines is 1. The Balaban J connectivity index is 1.37. The maximum atomic E-state index is 12.9. The summed E-state index contributed by atoms with van der Waals surface area (Å²) in [6.45, 7) is 4.05. The van der Waals surface area contributed by atoms with Crippen molar-refractivity contribution < 1.29 is 14.3 Å². The Morgan fingerprint density at radius 1 is 1.23 bits per heavy atom. The highest BCUT2D eigenvalue weighted by molar-refractivity contribution is 7.13. The van der Waals surface area contributed by atoms with E-state index in [0.717, 1.165) is 36.3 Å². The number of H-pyrrole nitrogens is 1. The van der Waals surface area contributed by atoms with Crippen molar-refractivity contribution >= 4 is 23.2 Å². The first-order valence-corrected chi connectivity index (χ1v) is 11.7. The molecule has 0 saturated carbocycles. The van der Waals surface area contributed by atoms with Gasteiger partial charge < -0.3 is 19.5 Å². The van der Waals surface area contributed by atoms with E-state index in [2.05, 4.69) is 4.98 Å². The van der Waals surface area contributed by atoms with Gasteiger partial charge in [0, 0.05) is 31.0 Å². The number of nitrogens with one attached hydrogen (secondary N) is 1. The topological polar surface area (TPSA) is 95.6 Å². The van der Waals surface area contributed by atoms with Gasteiger partial charge in [-0.25, -0.2) is 4.98 Å². The van der Waals surface area contributed by atoms with Crippen LogP contribution in [0.25, 0.3) is 0 Å². The molecule has 5 heterocycles. The minimum Gasteiger partial charge on any atom is -0.368 e. The zero-order chi connectivity index (χ0) is 21.5. The van der Waals surface area contributed by atoms with Crippen LogP contribution in [-0.4, -0.2) is 57.4 Å². The van der Waals surface area contributed by atoms with E-state index in [4.69, 9.17) is 9.72 Å². The highest BCUT2D eigenvalue weighted by atomic mass is 32.1. The fourth-order valence-corrected chi connectivity index (χ4v) is 5.59. The molecule has 2 fully saturated rings. The molecule has 31 heavy (non-hydrogen) atoms. The Labute approximate surface area is 184 Å². The average molecular weight is 443 g/mol. The molecule has 2 saturated heterocycles. The van der Waals surface area contributed by atoms with Crippen LogP contribution < -0.4 is 5.56 Å². The monoisotopic (exact) mass is 442 g/mol. The molecule has 3 aliphatic heterocycles. The van der Waals surface area contributed by atoms with Crippen LogP contribution >= 0.6 is 11.3 Å². The predicted molar refractivity (Wildman–Crippen MR) is 115 cm³/mol. The fourth-order valence-electron chi connectivity index (χ4n) is 4.75. The van der Waals surface area contributed by atoms with Crippen molar-refractivity contribution in [1.82, 2.24) is 19.8 Å². The summed E-state index contributed by atoms with van der Waals surface area (Å²) in [7, 11) is 0. The van der Waals surface area contributed by atoms with Crippen molar-refractivity contribution in [3.05, 3.63) is 49.3 Å². The third-order valence-corrected chi connectivity index (χ3v) is 7.37. The highest BCUT2D eigenvalue weighted by Crippen LogP contribution is 2.32. The van der Waals surface area contributed by atoms with Gasteiger partial charge in [0.1, 0.15) is 11.9 Å². The van der Waals surface area contributed by atoms with Crippen LogP contribution in [0.2, 0.25) is 0 Å². The molecule has 2 amide bonds. The molecule has 2 atom stereocenters. The molecule has 3 aliphatic rings. The molecule has 8 nitrogen and oxygen atoms in total. The molecular formula is C22H26N4O4S. The first kappa shape index (κ1) is 20.4. The van der Waals surface area contributed by atoms with Gasteiger partial charge in [-0.15, -0.1) is 11.3 Å². The molecule has 2 unspecified atom stereocenters. The number of likely N-dealkylation sites (tertiary alicyclic amines) is 1. The molecule has 164 valence electrons. The van der Waals surface area contributed by atoms with Gasteiger partial charge in [-0.3, -0.25) is 14.4 Å². The molecule has 0 aliphatic carbocycles. The Kier molecular flexibility index (Phi) is 5.39. The number of carbonyl (C=O) groups excluding carboxylic acids is 2. The summed E-state index contributed by atoms with van der Waals surface area (Å²) < 4.78 is 5.58. The Hall–Kier alpha value is -2.52. The molecule has 0 radical (unpaired) electrons. The van der Waals surface area contributed by atoms with E-state index in [1.807, 2.05) is 24.0 Å². The van der Waals surface area contributed by atoms with Gasteiger partial charge in [0.25, 0.3) is 17.4 Å². The summed E-state index contributed by atoms with van der Waals surface area (Å²) in [5, 5.41) is 0. The summed E-state index contributed by atoms with van der Waals surface area (Å²) in [5.41, 5.74) is 1.07. The van der Waals surface area contributed by atoms with Crippen molar-refractivity contribution in [2.45, 2.75) is 57.7 Å². The third kappa shape index (κ3) is 3.80. The standard InChI is InChI=1S/C22H26N4O4S/c1-13-6-7-18(31-13)22(29)25-10-8-15-14(12-25)20(27)24-19(23-15)16-4-2-9-26(16)21(28)17-5-3-11-30-17/h6-7,16-17H,2-5,8-12H2,1H3,(H,23,24,27). The SMILES string of the molecule is Cc1ccc(C(=O)N2CCc3nc(C4CCCN4C(=O)C4CCCO4)[nH]c(=O)c3C2)s1. The number of thiophene rings is 1. The van der Waals surface area contributed by atoms with E-state index in [9.17, 15) is 14.4 Å². The third-order valence-electron chi connectivity index (χ3n) is 6.38. The lowest BCUT2D eigenvalue weighted by atomic mass is 10.1. The van der Waals surface area contributed by atoms with Crippen LogP contribution in [0, 0.1) is 6.92 Å². The van der Waals surface area contributed by atoms with Gasteiger partial charge in [-0.1, -0.05) is 0 Å². The molecule has 0 spiro atoms. The number of carbonyl (C=O) groups is 2. The molecular weight excluding hydrogens is 416 g/mol. The number of aryl methyl sites for hydroxylation is 1. The van der Waals surface area contributed by atoms with Gasteiger partial charge in [-0.05, 0) is 44.7 Å². The molecule has 0 bridgehead atoms. The molecule has 1 N–H and O–H groups in total. The van der Waals surface area contributed by atoms with Crippen LogP contribution in [-0.2, 0) is 22.5 Å². The molecule has 0 aromatic carbocycles. The number of fused-ring (bicyclic) bond motifs is 1. The number of nitrogens with zero attached hydrogens (tertiary/aromatic N) is 3. The highest BCUT2D eigenvalue weighted by Gasteiger charge is 2.37. The smallest absolute Gasteiger partial charge is 0.264 e. The molecule has 2 aromatic heterocycles. The van der Waals surface area contributed by atoms with Gasteiger partial charge >= 0.3 is 0 Å². The van der Waals surface area contributed by atoms with Gasteiger partial charge in [-0.2, -0.15) is 0 Å². The van der Waals surface area contributed by atoms with E-state index < -0.39 is 0 Å². The van der Waals surface area contributed by atoms with Crippen LogP contribution in [0.3, 0.4) is 0 Å². The summed E-state index contributed by atoms with van der Waals surface area (Å²) >= 11 is 1.47. The van der Waals surface area contributed by atoms with E-state index in [0.29, 0.717) is 42.4 Å². The van der Waals surface area contributed by atoms with Crippen LogP contribution in [0.5, 0.6) is 0 Å². The number of rotatable bonds is 3. The van der Waals surface area contributed by atoms with Gasteiger partial charge in [0.15, 0.2) is 0 Å². The number of ether oxygens (including phenoxy) is 1. The lowest BCUT2D eigenvalue weighted by Gasteiger charge is -2.29. The first-order valence-electron chi connectivity index (χ1n) is 10.9. The maximum Gasteiger partial charge on any atom is 0.264 e. The lowest BCUT2D eigenvalue weighted by Crippen LogP contribution is -2.41. The Morgan fingerprint density at radius 2 is 2.10 bits per heavy atom. The Morgan fingerprint density at radius 3 is 2.84 bits per heavy atom. The van der Waals surface area contributed by atoms with Crippen molar-refractivity contribution in [3.8, 4) is 0 Å². The fraction of sp³-hybridized carbons (Fsp3) is 0.545. The largest absolute Gasteiger partial charge is 0.368 e. The zero-order valence-corrected chi connectivity index (χ0v) is 18.4. The van der Waals surface area contributed by atoms with Gasteiger partial charge in [0.2, 0.25) is 0 Å². The second-order valence-electron chi connectivity index (χ2n) is 8.45. The minimum atomic E-state index is -0.370. The van der Waals surface area contributed by atoms with Crippen molar-refractivity contribution in [1.29, 1.82) is 0 Å². The molecule has 2 aromatic rings. The summed E-state index contributed by atoms with van der Waals surface area (Å²) in [6.07, 6.45) is 3.49. The van der Waals surface area contributed by atoms with E-state index in [1.165, 1.54) is 11.3 Å². The van der Waals surface area contributed by atoms with Crippen LogP contribution in [0.1, 0.15) is 63.4 Å². The molecule has 5 rings (SSSR count). The van der Waals surface area contributed by atoms with Crippen molar-refractivity contribution in [3.63, 3.8) is 0 Å². The minimum absolute atomic E-state index is 0.00313. The lowest BCUT2D eigenvalue weighted by molar-refractivity contribution is -0.142. The Bertz CT molecular complexity index is 1070. The normalized spacial score (nSPS) is 23.3. The predicted octanol–water partition coefficient (Wildman–Crippen LogP) is 2.18. The quantitative estimate of drug-likeness (QED) is 0.786. The second kappa shape index (κ2) is 8.20. The summed E-state index contributed by atoms with van der Waals surface area (Å²) in [4.78, 5) is 51.6. The number of hydrogen-bond acceptors (Lipinski definition) is 6. The van der Waals surface area contributed by atoms with E-state index in [-0.39, 0.29) is 36.1 Å². The van der Waals surface area contributed by atoms with E-state index in [1.54, 1.807) is 4.90 Å².